The van der Waals surface area contributed by atoms with Crippen LogP contribution >= 0.6 is 0 Å². The maximum atomic E-state index is 14.3. The number of hydrogen-bond acceptors (Lipinski definition) is 4. The molecule has 1 N–H and O–H groups in total. The van der Waals surface area contributed by atoms with Crippen LogP contribution in [0.25, 0.3) is 0 Å². The molecule has 3 aliphatic carbocycles. The van der Waals surface area contributed by atoms with E-state index in [9.17, 15) is 9.59 Å². The summed E-state index contributed by atoms with van der Waals surface area (Å²) in [6.07, 6.45) is 4.23. The normalized spacial score (nSPS) is 45.7. The zero-order valence-electron chi connectivity index (χ0n) is 21.2. The summed E-state index contributed by atoms with van der Waals surface area (Å²) in [5.74, 6) is 0.687. The van der Waals surface area contributed by atoms with Gasteiger partial charge < -0.3 is 14.8 Å². The fraction of sp³-hybridized carbons (Fsp3) is 0.600. The number of benzene rings is 1. The summed E-state index contributed by atoms with van der Waals surface area (Å²) in [6.45, 7) is 12.7. The molecule has 1 unspecified atom stereocenters. The number of nitrogens with one attached hydrogen (secondary N) is 1. The molecule has 1 amide bonds. The van der Waals surface area contributed by atoms with Gasteiger partial charge in [0.25, 0.3) is 0 Å². The molecule has 0 bridgehead atoms. The van der Waals surface area contributed by atoms with Crippen LogP contribution in [0.4, 0.5) is 0 Å². The second kappa shape index (κ2) is 8.06. The first-order valence-electron chi connectivity index (χ1n) is 13.3. The first-order valence-corrected chi connectivity index (χ1v) is 13.3. The largest absolute Gasteiger partial charge is 0.461 e. The van der Waals surface area contributed by atoms with Crippen molar-refractivity contribution in [1.29, 1.82) is 0 Å². The van der Waals surface area contributed by atoms with Gasteiger partial charge in [-0.3, -0.25) is 9.59 Å². The summed E-state index contributed by atoms with van der Waals surface area (Å²) in [7, 11) is 0. The number of esters is 1. The van der Waals surface area contributed by atoms with Crippen LogP contribution in [0.15, 0.2) is 54.1 Å². The van der Waals surface area contributed by atoms with E-state index < -0.39 is 11.5 Å². The van der Waals surface area contributed by atoms with Crippen LogP contribution in [0, 0.1) is 40.9 Å². The minimum absolute atomic E-state index is 0.00145. The highest BCUT2D eigenvalue weighted by molar-refractivity contribution is 5.89. The van der Waals surface area contributed by atoms with Crippen molar-refractivity contribution in [2.45, 2.75) is 71.3 Å². The van der Waals surface area contributed by atoms with Crippen LogP contribution in [-0.2, 0) is 25.5 Å². The highest BCUT2D eigenvalue weighted by Crippen LogP contribution is 2.68. The third kappa shape index (κ3) is 3.16. The molecular formula is C30H37NO4. The molecule has 0 aromatic heterocycles. The number of allylic oxidation sites excluding steroid dienone is 2. The number of carbonyl (C=O) groups is 2. The first kappa shape index (κ1) is 23.0. The molecule has 0 radical (unpaired) electrons. The number of hydrogen-bond donors (Lipinski definition) is 1. The predicted molar refractivity (Wildman–Crippen MR) is 133 cm³/mol. The van der Waals surface area contributed by atoms with Crippen LogP contribution in [0.1, 0.15) is 46.1 Å². The second-order valence-corrected chi connectivity index (χ2v) is 11.9. The third-order valence-electron chi connectivity index (χ3n) is 10.0. The Morgan fingerprint density at radius 1 is 1.20 bits per heavy atom. The van der Waals surface area contributed by atoms with Gasteiger partial charge in [0.1, 0.15) is 6.10 Å². The van der Waals surface area contributed by atoms with E-state index in [1.54, 1.807) is 0 Å². The number of carbonyl (C=O) groups excluding carboxylic acids is 2. The number of amides is 1. The van der Waals surface area contributed by atoms with E-state index in [1.807, 2.05) is 18.2 Å². The summed E-state index contributed by atoms with van der Waals surface area (Å²) in [4.78, 5) is 26.7. The summed E-state index contributed by atoms with van der Waals surface area (Å²) < 4.78 is 13.0. The van der Waals surface area contributed by atoms with Gasteiger partial charge in [0.15, 0.2) is 0 Å². The van der Waals surface area contributed by atoms with Crippen LogP contribution in [-0.4, -0.2) is 36.2 Å². The third-order valence-corrected chi connectivity index (χ3v) is 10.0. The summed E-state index contributed by atoms with van der Waals surface area (Å²) in [5, 5.41) is 3.42. The van der Waals surface area contributed by atoms with Crippen molar-refractivity contribution in [3.8, 4) is 0 Å². The molecule has 5 heteroatoms. The van der Waals surface area contributed by atoms with E-state index in [1.165, 1.54) is 18.1 Å². The van der Waals surface area contributed by atoms with Gasteiger partial charge in [0.2, 0.25) is 5.91 Å². The van der Waals surface area contributed by atoms with Crippen molar-refractivity contribution >= 4 is 11.9 Å². The number of rotatable bonds is 3. The highest BCUT2D eigenvalue weighted by atomic mass is 16.5. The Morgan fingerprint density at radius 2 is 1.94 bits per heavy atom. The molecule has 5 nitrogen and oxygen atoms in total. The smallest absolute Gasteiger partial charge is 0.302 e. The van der Waals surface area contributed by atoms with Gasteiger partial charge in [-0.1, -0.05) is 62.4 Å². The molecule has 11 atom stereocenters. The van der Waals surface area contributed by atoms with E-state index in [0.29, 0.717) is 12.3 Å². The molecule has 2 saturated carbocycles. The molecule has 1 spiro atoms. The minimum Gasteiger partial charge on any atom is -0.461 e. The zero-order valence-corrected chi connectivity index (χ0v) is 21.2. The Balaban J connectivity index is 1.51. The van der Waals surface area contributed by atoms with E-state index >= 15 is 0 Å². The molecule has 2 saturated heterocycles. The van der Waals surface area contributed by atoms with Crippen LogP contribution in [0.5, 0.6) is 0 Å². The molecule has 4 fully saturated rings. The van der Waals surface area contributed by atoms with Crippen molar-refractivity contribution in [1.82, 2.24) is 5.32 Å². The quantitative estimate of drug-likeness (QED) is 0.517. The van der Waals surface area contributed by atoms with E-state index in [2.05, 4.69) is 50.9 Å². The SMILES string of the molecule is C=C1[C@@H](C)[C@H]2[C@H](Cc3ccccc3)NC(=O)[C@]23[C@H](OC(C)=O)C[C@H]2C(C)=C[C@@H](C)C[C@H]4O[C@H]1[C@@H]3C42. The van der Waals surface area contributed by atoms with Crippen LogP contribution in [0.2, 0.25) is 0 Å². The summed E-state index contributed by atoms with van der Waals surface area (Å²) in [5.41, 5.74) is 2.87. The second-order valence-electron chi connectivity index (χ2n) is 11.9. The van der Waals surface area contributed by atoms with E-state index in [0.717, 1.165) is 18.4 Å². The average molecular weight is 476 g/mol. The van der Waals surface area contributed by atoms with Crippen LogP contribution in [0.3, 0.4) is 0 Å². The molecule has 6 rings (SSSR count). The average Bonchev–Trinajstić information content (AvgIpc) is 3.27. The molecule has 186 valence electrons. The van der Waals surface area contributed by atoms with Crippen molar-refractivity contribution in [3.05, 3.63) is 59.7 Å². The highest BCUT2D eigenvalue weighted by Gasteiger charge is 2.76. The Hall–Kier alpha value is -2.40. The van der Waals surface area contributed by atoms with Gasteiger partial charge >= 0.3 is 5.97 Å². The Morgan fingerprint density at radius 3 is 2.66 bits per heavy atom. The van der Waals surface area contributed by atoms with Crippen molar-refractivity contribution in [2.24, 2.45) is 40.9 Å². The standard InChI is InChI=1S/C30H37NO4/c1-15-11-16(2)21-14-24(34-19(5)32)30-26(22(31-29(30)33)13-20-9-7-6-8-10-20)17(3)18(4)28-27(30)25(21)23(12-15)35-28/h6-11,15,17,21-28H,4,12-14H2,1-3,5H3,(H,31,33)/t15-,17-,21+,22+,23-,24-,25?,26+,27+,28-,30-/m1/s1. The topological polar surface area (TPSA) is 64.6 Å². The summed E-state index contributed by atoms with van der Waals surface area (Å²) >= 11 is 0. The molecule has 5 aliphatic rings. The fourth-order valence-corrected chi connectivity index (χ4v) is 8.95. The zero-order chi connectivity index (χ0) is 24.6. The molecule has 1 aromatic rings. The monoisotopic (exact) mass is 475 g/mol. The molecule has 2 heterocycles. The fourth-order valence-electron chi connectivity index (χ4n) is 8.95. The molecule has 2 aliphatic heterocycles. The van der Waals surface area contributed by atoms with Crippen molar-refractivity contribution < 1.29 is 19.1 Å². The van der Waals surface area contributed by atoms with E-state index in [-0.39, 0.29) is 59.7 Å². The molecule has 35 heavy (non-hydrogen) atoms. The lowest BCUT2D eigenvalue weighted by Gasteiger charge is -2.57. The Bertz CT molecular complexity index is 1090. The lowest BCUT2D eigenvalue weighted by atomic mass is 9.44. The van der Waals surface area contributed by atoms with Gasteiger partial charge in [-0.05, 0) is 61.0 Å². The predicted octanol–water partition coefficient (Wildman–Crippen LogP) is 4.47. The van der Waals surface area contributed by atoms with Crippen molar-refractivity contribution in [2.75, 3.05) is 0 Å². The molecule has 1 aromatic carbocycles. The van der Waals surface area contributed by atoms with Gasteiger partial charge in [-0.2, -0.15) is 0 Å². The number of ether oxygens (including phenoxy) is 2. The van der Waals surface area contributed by atoms with Gasteiger partial charge in [0, 0.05) is 24.8 Å². The van der Waals surface area contributed by atoms with Crippen LogP contribution < -0.4 is 5.32 Å². The maximum Gasteiger partial charge on any atom is 0.302 e. The summed E-state index contributed by atoms with van der Waals surface area (Å²) in [6, 6.07) is 10.3. The van der Waals surface area contributed by atoms with E-state index in [4.69, 9.17) is 9.47 Å². The Labute approximate surface area is 208 Å². The van der Waals surface area contributed by atoms with Crippen molar-refractivity contribution in [3.63, 3.8) is 0 Å². The lowest BCUT2D eigenvalue weighted by Crippen LogP contribution is -2.65. The maximum absolute atomic E-state index is 14.3. The Kier molecular flexibility index (Phi) is 5.30. The van der Waals surface area contributed by atoms with Gasteiger partial charge in [0.05, 0.1) is 17.6 Å². The van der Waals surface area contributed by atoms with Gasteiger partial charge in [-0.25, -0.2) is 0 Å². The minimum atomic E-state index is -0.792. The molecular weight excluding hydrogens is 438 g/mol. The van der Waals surface area contributed by atoms with Gasteiger partial charge in [-0.15, -0.1) is 0 Å². The first-order chi connectivity index (χ1) is 16.7. The lowest BCUT2D eigenvalue weighted by molar-refractivity contribution is -0.186.